The Morgan fingerprint density at radius 2 is 2.14 bits per heavy atom. The van der Waals surface area contributed by atoms with Gasteiger partial charge in [-0.1, -0.05) is 0 Å². The standard InChI is InChI=1S/C9H10FNO2.ClH/c1-13-9(12)7-2-6(5-11)3-8(10)4-7;/h2-4H,5,11H2,1H3;1H. The minimum Gasteiger partial charge on any atom is -0.465 e. The van der Waals surface area contributed by atoms with Crippen molar-refractivity contribution in [2.75, 3.05) is 7.11 Å². The van der Waals surface area contributed by atoms with Crippen LogP contribution in [0.4, 0.5) is 4.39 Å². The van der Waals surface area contributed by atoms with E-state index in [0.717, 1.165) is 6.07 Å². The van der Waals surface area contributed by atoms with Crippen LogP contribution < -0.4 is 5.73 Å². The molecule has 0 unspecified atom stereocenters. The summed E-state index contributed by atoms with van der Waals surface area (Å²) in [6.45, 7) is 0.196. The third kappa shape index (κ3) is 2.97. The first kappa shape index (κ1) is 12.9. The van der Waals surface area contributed by atoms with Gasteiger partial charge in [-0.25, -0.2) is 9.18 Å². The third-order valence-electron chi connectivity index (χ3n) is 1.61. The van der Waals surface area contributed by atoms with E-state index in [4.69, 9.17) is 5.73 Å². The molecule has 1 aromatic rings. The Labute approximate surface area is 87.5 Å². The van der Waals surface area contributed by atoms with E-state index in [-0.39, 0.29) is 24.5 Å². The zero-order valence-electron chi connectivity index (χ0n) is 7.62. The lowest BCUT2D eigenvalue weighted by Gasteiger charge is -2.02. The second kappa shape index (κ2) is 5.57. The highest BCUT2D eigenvalue weighted by Gasteiger charge is 2.07. The summed E-state index contributed by atoms with van der Waals surface area (Å²) in [6, 6.07) is 3.91. The molecule has 0 heterocycles. The maximum atomic E-state index is 12.8. The number of carbonyl (C=O) groups is 1. The summed E-state index contributed by atoms with van der Waals surface area (Å²) >= 11 is 0. The van der Waals surface area contributed by atoms with Gasteiger partial charge in [-0.15, -0.1) is 12.4 Å². The Hall–Kier alpha value is -1.13. The summed E-state index contributed by atoms with van der Waals surface area (Å²) in [5.41, 5.74) is 6.06. The van der Waals surface area contributed by atoms with E-state index in [0.29, 0.717) is 5.56 Å². The van der Waals surface area contributed by atoms with Gasteiger partial charge in [0.05, 0.1) is 12.7 Å². The van der Waals surface area contributed by atoms with E-state index in [1.54, 1.807) is 0 Å². The average molecular weight is 220 g/mol. The fourth-order valence-corrected chi connectivity index (χ4v) is 1.00. The van der Waals surface area contributed by atoms with Crippen LogP contribution in [0.2, 0.25) is 0 Å². The number of hydrogen-bond donors (Lipinski definition) is 1. The molecule has 0 radical (unpaired) electrons. The molecule has 0 aliphatic carbocycles. The minimum absolute atomic E-state index is 0. The summed E-state index contributed by atoms with van der Waals surface area (Å²) in [5.74, 6) is -1.04. The van der Waals surface area contributed by atoms with E-state index in [2.05, 4.69) is 4.74 Å². The molecule has 0 aliphatic rings. The van der Waals surface area contributed by atoms with Crippen LogP contribution in [0.3, 0.4) is 0 Å². The molecule has 14 heavy (non-hydrogen) atoms. The molecule has 1 rings (SSSR count). The molecule has 2 N–H and O–H groups in total. The van der Waals surface area contributed by atoms with Gasteiger partial charge in [0.1, 0.15) is 5.82 Å². The molecule has 0 amide bonds. The zero-order chi connectivity index (χ0) is 9.84. The van der Waals surface area contributed by atoms with Crippen molar-refractivity contribution >= 4 is 18.4 Å². The van der Waals surface area contributed by atoms with E-state index in [1.807, 2.05) is 0 Å². The fourth-order valence-electron chi connectivity index (χ4n) is 1.00. The minimum atomic E-state index is -0.561. The van der Waals surface area contributed by atoms with Gasteiger partial charge in [-0.3, -0.25) is 0 Å². The number of ether oxygens (including phenoxy) is 1. The van der Waals surface area contributed by atoms with Crippen LogP contribution in [0.25, 0.3) is 0 Å². The molecule has 0 aromatic heterocycles. The number of hydrogen-bond acceptors (Lipinski definition) is 3. The highest BCUT2D eigenvalue weighted by Crippen LogP contribution is 2.09. The van der Waals surface area contributed by atoms with Gasteiger partial charge in [0.2, 0.25) is 0 Å². The highest BCUT2D eigenvalue weighted by atomic mass is 35.5. The van der Waals surface area contributed by atoms with E-state index >= 15 is 0 Å². The van der Waals surface area contributed by atoms with Crippen molar-refractivity contribution in [1.29, 1.82) is 0 Å². The lowest BCUT2D eigenvalue weighted by molar-refractivity contribution is 0.0600. The number of carbonyl (C=O) groups excluding carboxylic acids is 1. The van der Waals surface area contributed by atoms with Crippen molar-refractivity contribution in [2.45, 2.75) is 6.54 Å². The number of halogens is 2. The topological polar surface area (TPSA) is 52.3 Å². The Kier molecular flexibility index (Phi) is 5.12. The van der Waals surface area contributed by atoms with E-state index in [1.165, 1.54) is 19.2 Å². The van der Waals surface area contributed by atoms with Gasteiger partial charge < -0.3 is 10.5 Å². The molecule has 0 fully saturated rings. The molecular formula is C9H11ClFNO2. The number of esters is 1. The Bertz CT molecular complexity index is 331. The van der Waals surface area contributed by atoms with Crippen molar-refractivity contribution in [3.8, 4) is 0 Å². The van der Waals surface area contributed by atoms with Gasteiger partial charge in [0.15, 0.2) is 0 Å². The van der Waals surface area contributed by atoms with Crippen LogP contribution in [0.15, 0.2) is 18.2 Å². The maximum absolute atomic E-state index is 12.8. The van der Waals surface area contributed by atoms with Crippen LogP contribution >= 0.6 is 12.4 Å². The lowest BCUT2D eigenvalue weighted by atomic mass is 10.1. The zero-order valence-corrected chi connectivity index (χ0v) is 8.44. The smallest absolute Gasteiger partial charge is 0.337 e. The molecule has 5 heteroatoms. The summed E-state index contributed by atoms with van der Waals surface area (Å²) in [6.07, 6.45) is 0. The molecular weight excluding hydrogens is 209 g/mol. The normalized spacial score (nSPS) is 9.07. The van der Waals surface area contributed by atoms with Crippen LogP contribution in [0, 0.1) is 5.82 Å². The van der Waals surface area contributed by atoms with Gasteiger partial charge >= 0.3 is 5.97 Å². The maximum Gasteiger partial charge on any atom is 0.337 e. The highest BCUT2D eigenvalue weighted by molar-refractivity contribution is 5.89. The summed E-state index contributed by atoms with van der Waals surface area (Å²) in [5, 5.41) is 0. The predicted octanol–water partition coefficient (Wildman–Crippen LogP) is 1.49. The van der Waals surface area contributed by atoms with Gasteiger partial charge in [0.25, 0.3) is 0 Å². The molecule has 0 saturated carbocycles. The Morgan fingerprint density at radius 1 is 1.50 bits per heavy atom. The summed E-state index contributed by atoms with van der Waals surface area (Å²) < 4.78 is 17.3. The first-order valence-electron chi connectivity index (χ1n) is 3.75. The van der Waals surface area contributed by atoms with E-state index < -0.39 is 11.8 Å². The first-order chi connectivity index (χ1) is 6.17. The van der Waals surface area contributed by atoms with Crippen molar-refractivity contribution < 1.29 is 13.9 Å². The fraction of sp³-hybridized carbons (Fsp3) is 0.222. The molecule has 0 bridgehead atoms. The van der Waals surface area contributed by atoms with E-state index in [9.17, 15) is 9.18 Å². The Morgan fingerprint density at radius 3 is 2.64 bits per heavy atom. The monoisotopic (exact) mass is 219 g/mol. The van der Waals surface area contributed by atoms with Crippen LogP contribution in [-0.4, -0.2) is 13.1 Å². The largest absolute Gasteiger partial charge is 0.465 e. The number of nitrogens with two attached hydrogens (primary N) is 1. The van der Waals surface area contributed by atoms with Crippen molar-refractivity contribution in [1.82, 2.24) is 0 Å². The van der Waals surface area contributed by atoms with Gasteiger partial charge in [-0.2, -0.15) is 0 Å². The summed E-state index contributed by atoms with van der Waals surface area (Å²) in [7, 11) is 1.25. The molecule has 0 aliphatic heterocycles. The SMILES string of the molecule is COC(=O)c1cc(F)cc(CN)c1.Cl. The summed E-state index contributed by atoms with van der Waals surface area (Å²) in [4.78, 5) is 11.0. The number of benzene rings is 1. The molecule has 1 aromatic carbocycles. The van der Waals surface area contributed by atoms with Crippen molar-refractivity contribution in [3.05, 3.63) is 35.1 Å². The lowest BCUT2D eigenvalue weighted by Crippen LogP contribution is -2.05. The second-order valence-corrected chi connectivity index (χ2v) is 2.54. The number of methoxy groups -OCH3 is 1. The first-order valence-corrected chi connectivity index (χ1v) is 3.75. The average Bonchev–Trinajstić information content (AvgIpc) is 2.15. The van der Waals surface area contributed by atoms with Crippen LogP contribution in [0.1, 0.15) is 15.9 Å². The molecule has 0 spiro atoms. The van der Waals surface area contributed by atoms with Crippen molar-refractivity contribution in [3.63, 3.8) is 0 Å². The second-order valence-electron chi connectivity index (χ2n) is 2.54. The van der Waals surface area contributed by atoms with Crippen LogP contribution in [-0.2, 0) is 11.3 Å². The van der Waals surface area contributed by atoms with Crippen molar-refractivity contribution in [2.24, 2.45) is 5.73 Å². The third-order valence-corrected chi connectivity index (χ3v) is 1.61. The number of rotatable bonds is 2. The predicted molar refractivity (Wildman–Crippen MR) is 52.9 cm³/mol. The van der Waals surface area contributed by atoms with Gasteiger partial charge in [-0.05, 0) is 23.8 Å². The molecule has 3 nitrogen and oxygen atoms in total. The molecule has 0 saturated heterocycles. The molecule has 78 valence electrons. The van der Waals surface area contributed by atoms with Gasteiger partial charge in [0, 0.05) is 6.54 Å². The Balaban J connectivity index is 0.00000169. The quantitative estimate of drug-likeness (QED) is 0.767. The molecule has 0 atom stereocenters. The van der Waals surface area contributed by atoms with Crippen LogP contribution in [0.5, 0.6) is 0 Å².